The second-order valence-corrected chi connectivity index (χ2v) is 13.6. The van der Waals surface area contributed by atoms with Crippen molar-refractivity contribution in [3.63, 3.8) is 0 Å². The third kappa shape index (κ3) is 5.93. The van der Waals surface area contributed by atoms with E-state index in [2.05, 4.69) is 41.7 Å². The highest BCUT2D eigenvalue weighted by Gasteiger charge is 2.62. The molecule has 1 spiro atoms. The lowest BCUT2D eigenvalue weighted by Gasteiger charge is -2.59. The highest BCUT2D eigenvalue weighted by molar-refractivity contribution is 6.06. The molecule has 3 aromatic carbocycles. The topological polar surface area (TPSA) is 71.1 Å². The summed E-state index contributed by atoms with van der Waals surface area (Å²) < 4.78 is 12.8. The minimum Gasteiger partial charge on any atom is -1.00 e. The van der Waals surface area contributed by atoms with E-state index in [4.69, 9.17) is 9.47 Å². The molecule has 2 bridgehead atoms. The van der Waals surface area contributed by atoms with Crippen molar-refractivity contribution in [2.45, 2.75) is 51.3 Å². The molecule has 3 amide bonds. The molecule has 1 unspecified atom stereocenters. The lowest BCUT2D eigenvalue weighted by molar-refractivity contribution is -0.955. The van der Waals surface area contributed by atoms with Crippen LogP contribution >= 0.6 is 0 Å². The average molecular weight is 645 g/mol. The number of quaternary nitrogens is 1. The number of urea groups is 1. The highest BCUT2D eigenvalue weighted by atomic mass is 35.5. The molecule has 1 N–H and O–H groups in total. The van der Waals surface area contributed by atoms with Gasteiger partial charge in [-0.3, -0.25) is 4.79 Å². The Morgan fingerprint density at radius 3 is 2.04 bits per heavy atom. The van der Waals surface area contributed by atoms with Crippen LogP contribution in [-0.2, 0) is 17.9 Å². The van der Waals surface area contributed by atoms with Gasteiger partial charge in [0, 0.05) is 31.4 Å². The number of hydrogen-bond donors (Lipinski definition) is 1. The third-order valence-corrected chi connectivity index (χ3v) is 11.1. The zero-order valence-electron chi connectivity index (χ0n) is 26.9. The van der Waals surface area contributed by atoms with Crippen LogP contribution in [0.3, 0.4) is 0 Å². The molecule has 5 heterocycles. The molecule has 5 saturated heterocycles. The van der Waals surface area contributed by atoms with E-state index in [1.54, 1.807) is 19.1 Å². The first kappa shape index (κ1) is 32.2. The summed E-state index contributed by atoms with van der Waals surface area (Å²) >= 11 is 0. The predicted octanol–water partition coefficient (Wildman–Crippen LogP) is 2.92. The van der Waals surface area contributed by atoms with E-state index in [-0.39, 0.29) is 30.4 Å². The van der Waals surface area contributed by atoms with E-state index in [0.29, 0.717) is 32.5 Å². The van der Waals surface area contributed by atoms with Gasteiger partial charge in [0.15, 0.2) is 0 Å². The Balaban J connectivity index is 0.00000372. The number of carbonyl (C=O) groups is 2. The fourth-order valence-electron chi connectivity index (χ4n) is 8.30. The van der Waals surface area contributed by atoms with Crippen molar-refractivity contribution in [2.24, 2.45) is 11.3 Å². The van der Waals surface area contributed by atoms with Gasteiger partial charge in [0.2, 0.25) is 5.91 Å². The van der Waals surface area contributed by atoms with Crippen LogP contribution in [-0.4, -0.2) is 68.2 Å². The molecule has 1 atom stereocenters. The number of likely N-dealkylation sites (tertiary alicyclic amines) is 1. The Labute approximate surface area is 278 Å². The maximum absolute atomic E-state index is 13.9. The minimum absolute atomic E-state index is 0. The number of benzene rings is 3. The highest BCUT2D eigenvalue weighted by Crippen LogP contribution is 2.57. The van der Waals surface area contributed by atoms with Gasteiger partial charge in [-0.15, -0.1) is 0 Å². The van der Waals surface area contributed by atoms with Gasteiger partial charge in [-0.25, -0.2) is 4.79 Å². The monoisotopic (exact) mass is 644 g/mol. The number of rotatable bonds is 8. The summed E-state index contributed by atoms with van der Waals surface area (Å²) in [6.07, 6.45) is 5.46. The van der Waals surface area contributed by atoms with Gasteiger partial charge < -0.3 is 41.5 Å². The van der Waals surface area contributed by atoms with E-state index in [0.717, 1.165) is 40.8 Å². The van der Waals surface area contributed by atoms with Crippen LogP contribution in [0.15, 0.2) is 72.8 Å². The Hall–Kier alpha value is -3.75. The molecule has 5 aliphatic rings. The summed E-state index contributed by atoms with van der Waals surface area (Å²) in [5.74, 6) is 2.66. The molecule has 0 aliphatic carbocycles. The summed E-state index contributed by atoms with van der Waals surface area (Å²) in [6.45, 7) is 6.80. The zero-order valence-corrected chi connectivity index (χ0v) is 27.7. The van der Waals surface area contributed by atoms with Crippen molar-refractivity contribution >= 4 is 17.6 Å². The maximum atomic E-state index is 13.9. The Bertz CT molecular complexity index is 1500. The van der Waals surface area contributed by atoms with Gasteiger partial charge in [0.1, 0.15) is 24.7 Å². The quantitative estimate of drug-likeness (QED) is 0.303. The van der Waals surface area contributed by atoms with Crippen LogP contribution in [0.4, 0.5) is 10.5 Å². The zero-order chi connectivity index (χ0) is 31.0. The smallest absolute Gasteiger partial charge is 0.317 e. The number of amides is 3. The lowest BCUT2D eigenvalue weighted by atomic mass is 9.62. The Kier molecular flexibility index (Phi) is 9.22. The fourth-order valence-corrected chi connectivity index (χ4v) is 8.30. The first-order valence-corrected chi connectivity index (χ1v) is 16.5. The van der Waals surface area contributed by atoms with Crippen LogP contribution in [0.2, 0.25) is 0 Å². The first-order valence-electron chi connectivity index (χ1n) is 16.5. The molecule has 8 nitrogen and oxygen atoms in total. The summed E-state index contributed by atoms with van der Waals surface area (Å²) in [4.78, 5) is 29.9. The van der Waals surface area contributed by atoms with E-state index >= 15 is 0 Å². The lowest BCUT2D eigenvalue weighted by Crippen LogP contribution is -3.00. The van der Waals surface area contributed by atoms with E-state index in [1.807, 2.05) is 41.3 Å². The van der Waals surface area contributed by atoms with Gasteiger partial charge in [0.25, 0.3) is 0 Å². The molecule has 8 rings (SSSR count). The molecule has 5 aliphatic heterocycles. The molecule has 0 radical (unpaired) electrons. The Morgan fingerprint density at radius 2 is 1.46 bits per heavy atom. The van der Waals surface area contributed by atoms with Crippen molar-refractivity contribution in [3.05, 3.63) is 89.5 Å². The van der Waals surface area contributed by atoms with Gasteiger partial charge in [-0.2, -0.15) is 0 Å². The second kappa shape index (κ2) is 13.2. The SMILES string of the molecule is CNC(=O)N1CCC2(CC1)C(=O)N(c1ccc(OC)cc1)C2c1ccc(OCc2ccc(C[N+]34CCC(CC3)CC4)cc2)cc1.[Cl-]. The molecular weight excluding hydrogens is 600 g/mol. The summed E-state index contributed by atoms with van der Waals surface area (Å²) in [5.41, 5.74) is 3.98. The van der Waals surface area contributed by atoms with Crippen molar-refractivity contribution in [3.8, 4) is 11.5 Å². The van der Waals surface area contributed by atoms with E-state index in [9.17, 15) is 9.59 Å². The number of carbonyl (C=O) groups excluding carboxylic acids is 2. The van der Waals surface area contributed by atoms with E-state index < -0.39 is 5.41 Å². The van der Waals surface area contributed by atoms with E-state index in [1.165, 1.54) is 48.9 Å². The van der Waals surface area contributed by atoms with Crippen LogP contribution < -0.4 is 32.1 Å². The standard InChI is InChI=1S/C37H44N4O4.ClH/c1-38-36(43)39-20-18-37(19-21-39)34(40(35(37)42)31-9-13-32(44-2)14-10-31)30-7-11-33(12-8-30)45-26-29-5-3-28(4-6-29)25-41-22-15-27(16-23-41)17-24-41;/h3-14,27,34H,15-26H2,1-2H3;1H. The average Bonchev–Trinajstić information content (AvgIpc) is 3.11. The number of halogens is 1. The number of β-lactam (4-membered cyclic amide) rings is 1. The van der Waals surface area contributed by atoms with Crippen LogP contribution in [0.25, 0.3) is 0 Å². The normalized spacial score (nSPS) is 24.6. The molecule has 3 aromatic rings. The fraction of sp³-hybridized carbons (Fsp3) is 0.459. The molecular formula is C37H45ClN4O4. The van der Waals surface area contributed by atoms with Gasteiger partial charge in [-0.1, -0.05) is 36.4 Å². The van der Waals surface area contributed by atoms with Crippen LogP contribution in [0.1, 0.15) is 54.8 Å². The molecule has 0 aromatic heterocycles. The maximum Gasteiger partial charge on any atom is 0.317 e. The van der Waals surface area contributed by atoms with Crippen LogP contribution in [0.5, 0.6) is 11.5 Å². The van der Waals surface area contributed by atoms with Gasteiger partial charge in [0.05, 0.1) is 38.2 Å². The number of hydrogen-bond acceptors (Lipinski definition) is 4. The predicted molar refractivity (Wildman–Crippen MR) is 174 cm³/mol. The van der Waals surface area contributed by atoms with Crippen molar-refractivity contribution in [1.29, 1.82) is 0 Å². The number of methoxy groups -OCH3 is 1. The minimum atomic E-state index is -0.538. The molecule has 244 valence electrons. The number of nitrogens with one attached hydrogen (secondary N) is 1. The number of anilines is 1. The number of fused-ring (bicyclic) bond motifs is 3. The third-order valence-electron chi connectivity index (χ3n) is 11.1. The van der Waals surface area contributed by atoms with Crippen molar-refractivity contribution in [1.82, 2.24) is 10.2 Å². The number of ether oxygens (including phenoxy) is 2. The molecule has 0 saturated carbocycles. The van der Waals surface area contributed by atoms with Crippen LogP contribution in [0, 0.1) is 11.3 Å². The summed E-state index contributed by atoms with van der Waals surface area (Å²) in [6, 6.07) is 24.7. The molecule has 46 heavy (non-hydrogen) atoms. The largest absolute Gasteiger partial charge is 1.00 e. The van der Waals surface area contributed by atoms with Gasteiger partial charge in [-0.05, 0) is 85.5 Å². The number of nitrogens with zero attached hydrogens (tertiary/aromatic N) is 3. The first-order chi connectivity index (χ1) is 21.9. The van der Waals surface area contributed by atoms with Crippen molar-refractivity contribution < 1.29 is 36.0 Å². The van der Waals surface area contributed by atoms with Gasteiger partial charge >= 0.3 is 6.03 Å². The molecule has 5 fully saturated rings. The summed E-state index contributed by atoms with van der Waals surface area (Å²) in [7, 11) is 3.29. The van der Waals surface area contributed by atoms with Crippen molar-refractivity contribution in [2.75, 3.05) is 51.8 Å². The summed E-state index contributed by atoms with van der Waals surface area (Å²) in [5, 5.41) is 2.72. The molecule has 9 heteroatoms. The Morgan fingerprint density at radius 1 is 0.870 bits per heavy atom. The second-order valence-electron chi connectivity index (χ2n) is 13.6. The number of piperidine rings is 4.